The van der Waals surface area contributed by atoms with Crippen molar-refractivity contribution in [3.63, 3.8) is 0 Å². The zero-order valence-electron chi connectivity index (χ0n) is 25.2. The monoisotopic (exact) mass is 549 g/mol. The van der Waals surface area contributed by atoms with E-state index in [0.717, 1.165) is 34.7 Å². The zero-order chi connectivity index (χ0) is 29.0. The fraction of sp³-hybridized carbons (Fsp3) is 0.351. The Morgan fingerprint density at radius 3 is 2.15 bits per heavy atom. The summed E-state index contributed by atoms with van der Waals surface area (Å²) >= 11 is 0. The number of hydrogen-bond acceptors (Lipinski definition) is 4. The highest BCUT2D eigenvalue weighted by atomic mass is 16.6. The Bertz CT molecular complexity index is 1440. The molecular weight excluding hydrogens is 506 g/mol. The number of hydrogen-bond donors (Lipinski definition) is 1. The van der Waals surface area contributed by atoms with Crippen LogP contribution in [0.4, 0.5) is 5.69 Å². The maximum Gasteiger partial charge on any atom is 0.132 e. The fourth-order valence-electron chi connectivity index (χ4n) is 5.36. The van der Waals surface area contributed by atoms with Crippen molar-refractivity contribution < 1.29 is 14.2 Å². The highest BCUT2D eigenvalue weighted by Crippen LogP contribution is 2.45. The smallest absolute Gasteiger partial charge is 0.132 e. The van der Waals surface area contributed by atoms with Crippen LogP contribution in [0.5, 0.6) is 5.75 Å². The Kier molecular flexibility index (Phi) is 8.53. The molecule has 4 aromatic rings. The summed E-state index contributed by atoms with van der Waals surface area (Å²) in [5.41, 5.74) is 7.68. The standard InChI is InChI=1S/C37H43NO3/c1-26-12-10-11-15-29(26)23-38-31-20-21-33-32(22-31)34(39-24-27-13-8-7-9-14-27)35(37(5,6)41-33)40-25-28-16-18-30(19-17-28)36(2,3)4/h7-22,34-35,38H,23-25H2,1-6H3. The highest BCUT2D eigenvalue weighted by Gasteiger charge is 2.45. The number of aryl methyl sites for hydroxylation is 1. The molecule has 0 saturated carbocycles. The van der Waals surface area contributed by atoms with E-state index in [1.54, 1.807) is 0 Å². The van der Waals surface area contributed by atoms with Crippen molar-refractivity contribution in [2.24, 2.45) is 0 Å². The van der Waals surface area contributed by atoms with Crippen molar-refractivity contribution >= 4 is 5.69 Å². The van der Waals surface area contributed by atoms with Crippen LogP contribution in [-0.2, 0) is 34.6 Å². The first-order valence-corrected chi connectivity index (χ1v) is 14.6. The van der Waals surface area contributed by atoms with Gasteiger partial charge in [-0.2, -0.15) is 0 Å². The zero-order valence-corrected chi connectivity index (χ0v) is 25.2. The minimum atomic E-state index is -0.587. The SMILES string of the molecule is Cc1ccccc1CNc1ccc2c(c1)C(OCc1ccccc1)C(OCc1ccc(C(C)(C)C)cc1)C(C)(C)O2. The number of rotatable bonds is 9. The van der Waals surface area contributed by atoms with E-state index in [-0.39, 0.29) is 17.6 Å². The summed E-state index contributed by atoms with van der Waals surface area (Å²) in [7, 11) is 0. The van der Waals surface area contributed by atoms with Gasteiger partial charge in [0.05, 0.1) is 13.2 Å². The summed E-state index contributed by atoms with van der Waals surface area (Å²) in [5, 5.41) is 3.61. The molecule has 0 aliphatic carbocycles. The third-order valence-corrected chi connectivity index (χ3v) is 7.92. The van der Waals surface area contributed by atoms with Crippen molar-refractivity contribution in [2.45, 2.75) is 84.5 Å². The largest absolute Gasteiger partial charge is 0.485 e. The van der Waals surface area contributed by atoms with Gasteiger partial charge in [-0.05, 0) is 72.2 Å². The molecule has 0 fully saturated rings. The van der Waals surface area contributed by atoms with Crippen LogP contribution in [-0.4, -0.2) is 11.7 Å². The quantitative estimate of drug-likeness (QED) is 0.226. The molecule has 1 aliphatic heterocycles. The van der Waals surface area contributed by atoms with Gasteiger partial charge in [-0.3, -0.25) is 0 Å². The molecule has 2 unspecified atom stereocenters. The first-order chi connectivity index (χ1) is 19.6. The lowest BCUT2D eigenvalue weighted by Crippen LogP contribution is -2.50. The summed E-state index contributed by atoms with van der Waals surface area (Å²) in [6.07, 6.45) is -0.615. The van der Waals surface area contributed by atoms with Crippen molar-refractivity contribution in [1.29, 1.82) is 0 Å². The number of anilines is 1. The molecule has 4 nitrogen and oxygen atoms in total. The van der Waals surface area contributed by atoms with E-state index in [1.807, 2.05) is 18.2 Å². The van der Waals surface area contributed by atoms with E-state index < -0.39 is 5.60 Å². The first-order valence-electron chi connectivity index (χ1n) is 14.6. The van der Waals surface area contributed by atoms with E-state index in [2.05, 4.69) is 126 Å². The van der Waals surface area contributed by atoms with E-state index in [4.69, 9.17) is 14.2 Å². The minimum absolute atomic E-state index is 0.115. The normalized spacial score (nSPS) is 17.9. The minimum Gasteiger partial charge on any atom is -0.485 e. The van der Waals surface area contributed by atoms with Crippen LogP contribution in [0.2, 0.25) is 0 Å². The number of benzene rings is 4. The van der Waals surface area contributed by atoms with Gasteiger partial charge in [0.25, 0.3) is 0 Å². The van der Waals surface area contributed by atoms with Crippen LogP contribution in [0.3, 0.4) is 0 Å². The summed E-state index contributed by atoms with van der Waals surface area (Å²) < 4.78 is 20.0. The molecule has 0 bridgehead atoms. The summed E-state index contributed by atoms with van der Waals surface area (Å²) in [6, 6.07) is 33.8. The predicted molar refractivity (Wildman–Crippen MR) is 167 cm³/mol. The van der Waals surface area contributed by atoms with Crippen molar-refractivity contribution in [1.82, 2.24) is 0 Å². The molecule has 0 saturated heterocycles. The second-order valence-corrected chi connectivity index (χ2v) is 12.6. The molecule has 1 N–H and O–H groups in total. The maximum absolute atomic E-state index is 6.70. The maximum atomic E-state index is 6.70. The molecule has 4 aromatic carbocycles. The van der Waals surface area contributed by atoms with Crippen LogP contribution in [0, 0.1) is 6.92 Å². The van der Waals surface area contributed by atoms with Gasteiger partial charge in [0, 0.05) is 17.8 Å². The molecule has 0 amide bonds. The molecule has 0 spiro atoms. The van der Waals surface area contributed by atoms with Crippen molar-refractivity contribution in [2.75, 3.05) is 5.32 Å². The van der Waals surface area contributed by atoms with Gasteiger partial charge in [-0.25, -0.2) is 0 Å². The molecule has 41 heavy (non-hydrogen) atoms. The second kappa shape index (κ2) is 12.1. The summed E-state index contributed by atoms with van der Waals surface area (Å²) in [6.45, 7) is 14.7. The van der Waals surface area contributed by atoms with E-state index in [0.29, 0.717) is 13.2 Å². The molecule has 0 aromatic heterocycles. The Hall–Kier alpha value is -3.60. The van der Waals surface area contributed by atoms with Crippen LogP contribution in [0.25, 0.3) is 0 Å². The molecule has 214 valence electrons. The summed E-state index contributed by atoms with van der Waals surface area (Å²) in [4.78, 5) is 0. The Labute approximate surface area is 245 Å². The number of fused-ring (bicyclic) bond motifs is 1. The van der Waals surface area contributed by atoms with E-state index in [1.165, 1.54) is 16.7 Å². The molecule has 0 radical (unpaired) electrons. The topological polar surface area (TPSA) is 39.7 Å². The molecular formula is C37H43NO3. The van der Waals surface area contributed by atoms with Crippen LogP contribution < -0.4 is 10.1 Å². The highest BCUT2D eigenvalue weighted by molar-refractivity contribution is 5.54. The van der Waals surface area contributed by atoms with Crippen molar-refractivity contribution in [3.8, 4) is 5.75 Å². The first kappa shape index (κ1) is 28.9. The average Bonchev–Trinajstić information content (AvgIpc) is 2.95. The molecule has 5 rings (SSSR count). The van der Waals surface area contributed by atoms with Gasteiger partial charge in [-0.15, -0.1) is 0 Å². The number of nitrogens with one attached hydrogen (secondary N) is 1. The van der Waals surface area contributed by atoms with Crippen LogP contribution in [0.1, 0.15) is 74.1 Å². The van der Waals surface area contributed by atoms with Gasteiger partial charge in [0.1, 0.15) is 23.6 Å². The summed E-state index contributed by atoms with van der Waals surface area (Å²) in [5.74, 6) is 0.837. The Balaban J connectivity index is 1.41. The van der Waals surface area contributed by atoms with E-state index in [9.17, 15) is 0 Å². The van der Waals surface area contributed by atoms with Gasteiger partial charge in [0.2, 0.25) is 0 Å². The Morgan fingerprint density at radius 1 is 0.780 bits per heavy atom. The van der Waals surface area contributed by atoms with Gasteiger partial charge >= 0.3 is 0 Å². The number of ether oxygens (including phenoxy) is 3. The average molecular weight is 550 g/mol. The van der Waals surface area contributed by atoms with E-state index >= 15 is 0 Å². The lowest BCUT2D eigenvalue weighted by molar-refractivity contribution is -0.170. The van der Waals surface area contributed by atoms with Crippen molar-refractivity contribution in [3.05, 3.63) is 130 Å². The lowest BCUT2D eigenvalue weighted by Gasteiger charge is -2.44. The molecule has 2 atom stereocenters. The molecule has 1 heterocycles. The second-order valence-electron chi connectivity index (χ2n) is 12.6. The molecule has 1 aliphatic rings. The Morgan fingerprint density at radius 2 is 1.44 bits per heavy atom. The predicted octanol–water partition coefficient (Wildman–Crippen LogP) is 8.92. The van der Waals surface area contributed by atoms with Crippen LogP contribution in [0.15, 0.2) is 97.1 Å². The van der Waals surface area contributed by atoms with Gasteiger partial charge in [-0.1, -0.05) is 99.6 Å². The molecule has 4 heteroatoms. The lowest BCUT2D eigenvalue weighted by atomic mass is 9.86. The van der Waals surface area contributed by atoms with Gasteiger partial charge < -0.3 is 19.5 Å². The van der Waals surface area contributed by atoms with Crippen LogP contribution >= 0.6 is 0 Å². The third-order valence-electron chi connectivity index (χ3n) is 7.92. The van der Waals surface area contributed by atoms with Gasteiger partial charge in [0.15, 0.2) is 0 Å². The third kappa shape index (κ3) is 7.01. The fourth-order valence-corrected chi connectivity index (χ4v) is 5.36.